The Balaban J connectivity index is 2.32. The molecule has 0 aliphatic heterocycles. The third-order valence-electron chi connectivity index (χ3n) is 3.83. The van der Waals surface area contributed by atoms with Crippen LogP contribution in [0.1, 0.15) is 58.9 Å². The molecule has 1 atom stereocenters. The van der Waals surface area contributed by atoms with Crippen LogP contribution < -0.4 is 10.1 Å². The molecule has 2 heteroatoms. The number of unbranched alkanes of at least 4 members (excludes halogenated alkanes) is 1. The van der Waals surface area contributed by atoms with E-state index in [-0.39, 0.29) is 0 Å². The van der Waals surface area contributed by atoms with Gasteiger partial charge in [0.25, 0.3) is 0 Å². The standard InChI is InChI=1S/C19H33NO/c1-5-7-8-17(6-2)15-21-19-11-9-18(10-12-19)14-20-13-16(3)4/h9-12,16-17,20H,5-8,13-15H2,1-4H3. The van der Waals surface area contributed by atoms with Crippen molar-refractivity contribution in [3.05, 3.63) is 29.8 Å². The normalized spacial score (nSPS) is 12.6. The van der Waals surface area contributed by atoms with Gasteiger partial charge in [-0.1, -0.05) is 59.1 Å². The molecule has 1 aromatic carbocycles. The second-order valence-electron chi connectivity index (χ2n) is 6.40. The van der Waals surface area contributed by atoms with Gasteiger partial charge in [-0.2, -0.15) is 0 Å². The molecule has 0 saturated carbocycles. The highest BCUT2D eigenvalue weighted by Crippen LogP contribution is 2.17. The first kappa shape index (κ1) is 18.0. The largest absolute Gasteiger partial charge is 0.493 e. The first-order chi connectivity index (χ1) is 10.2. The fourth-order valence-electron chi connectivity index (χ4n) is 2.32. The Morgan fingerprint density at radius 3 is 2.38 bits per heavy atom. The molecule has 1 rings (SSSR count). The van der Waals surface area contributed by atoms with Crippen molar-refractivity contribution in [2.24, 2.45) is 11.8 Å². The minimum atomic E-state index is 0.692. The van der Waals surface area contributed by atoms with Crippen LogP contribution in [-0.4, -0.2) is 13.2 Å². The van der Waals surface area contributed by atoms with Crippen LogP contribution >= 0.6 is 0 Å². The van der Waals surface area contributed by atoms with Gasteiger partial charge < -0.3 is 10.1 Å². The molecule has 1 unspecified atom stereocenters. The van der Waals surface area contributed by atoms with Crippen LogP contribution in [0, 0.1) is 11.8 Å². The van der Waals surface area contributed by atoms with Gasteiger partial charge in [-0.3, -0.25) is 0 Å². The molecule has 120 valence electrons. The molecule has 21 heavy (non-hydrogen) atoms. The second-order valence-corrected chi connectivity index (χ2v) is 6.40. The van der Waals surface area contributed by atoms with E-state index in [1.165, 1.54) is 31.2 Å². The van der Waals surface area contributed by atoms with Gasteiger partial charge in [0.2, 0.25) is 0 Å². The fourth-order valence-corrected chi connectivity index (χ4v) is 2.32. The summed E-state index contributed by atoms with van der Waals surface area (Å²) in [4.78, 5) is 0. The van der Waals surface area contributed by atoms with E-state index < -0.39 is 0 Å². The van der Waals surface area contributed by atoms with Gasteiger partial charge in [-0.25, -0.2) is 0 Å². The smallest absolute Gasteiger partial charge is 0.119 e. The molecule has 1 aromatic rings. The average Bonchev–Trinajstić information content (AvgIpc) is 2.48. The topological polar surface area (TPSA) is 21.3 Å². The van der Waals surface area contributed by atoms with Gasteiger partial charge in [0, 0.05) is 6.54 Å². The quantitative estimate of drug-likeness (QED) is 0.617. The lowest BCUT2D eigenvalue weighted by Crippen LogP contribution is -2.18. The Morgan fingerprint density at radius 1 is 1.10 bits per heavy atom. The molecule has 0 spiro atoms. The summed E-state index contributed by atoms with van der Waals surface area (Å²) in [5, 5.41) is 3.46. The third-order valence-corrected chi connectivity index (χ3v) is 3.83. The maximum atomic E-state index is 5.93. The Labute approximate surface area is 131 Å². The molecule has 0 amide bonds. The Bertz CT molecular complexity index is 358. The van der Waals surface area contributed by atoms with Crippen molar-refractivity contribution >= 4 is 0 Å². The summed E-state index contributed by atoms with van der Waals surface area (Å²) in [6.07, 6.45) is 5.07. The second kappa shape index (κ2) is 10.7. The van der Waals surface area contributed by atoms with E-state index in [1.807, 2.05) is 0 Å². The lowest BCUT2D eigenvalue weighted by atomic mass is 10.0. The van der Waals surface area contributed by atoms with Crippen molar-refractivity contribution in [2.45, 2.75) is 59.9 Å². The van der Waals surface area contributed by atoms with Crippen LogP contribution in [-0.2, 0) is 6.54 Å². The minimum Gasteiger partial charge on any atom is -0.493 e. The molecule has 0 aliphatic carbocycles. The fraction of sp³-hybridized carbons (Fsp3) is 0.684. The Hall–Kier alpha value is -1.02. The summed E-state index contributed by atoms with van der Waals surface area (Å²) < 4.78 is 5.93. The van der Waals surface area contributed by atoms with Crippen molar-refractivity contribution in [3.63, 3.8) is 0 Å². The molecule has 0 aliphatic rings. The molecule has 0 aromatic heterocycles. The maximum Gasteiger partial charge on any atom is 0.119 e. The molecular weight excluding hydrogens is 258 g/mol. The van der Waals surface area contributed by atoms with Crippen molar-refractivity contribution in [3.8, 4) is 5.75 Å². The zero-order valence-corrected chi connectivity index (χ0v) is 14.3. The van der Waals surface area contributed by atoms with Crippen LogP contribution in [0.5, 0.6) is 5.75 Å². The highest BCUT2D eigenvalue weighted by atomic mass is 16.5. The van der Waals surface area contributed by atoms with Crippen LogP contribution in [0.15, 0.2) is 24.3 Å². The summed E-state index contributed by atoms with van der Waals surface area (Å²) in [6.45, 7) is 11.8. The van der Waals surface area contributed by atoms with E-state index in [1.54, 1.807) is 0 Å². The summed E-state index contributed by atoms with van der Waals surface area (Å²) in [6, 6.07) is 8.52. The highest BCUT2D eigenvalue weighted by molar-refractivity contribution is 5.27. The zero-order valence-electron chi connectivity index (χ0n) is 14.3. The van der Waals surface area contributed by atoms with Crippen molar-refractivity contribution in [1.82, 2.24) is 5.32 Å². The first-order valence-electron chi connectivity index (χ1n) is 8.58. The van der Waals surface area contributed by atoms with Crippen LogP contribution in [0.4, 0.5) is 0 Å². The molecule has 0 bridgehead atoms. The van der Waals surface area contributed by atoms with Gasteiger partial charge in [0.1, 0.15) is 5.75 Å². The third kappa shape index (κ3) is 8.11. The van der Waals surface area contributed by atoms with E-state index in [9.17, 15) is 0 Å². The van der Waals surface area contributed by atoms with Crippen molar-refractivity contribution in [1.29, 1.82) is 0 Å². The monoisotopic (exact) mass is 291 g/mol. The van der Waals surface area contributed by atoms with Crippen molar-refractivity contribution in [2.75, 3.05) is 13.2 Å². The first-order valence-corrected chi connectivity index (χ1v) is 8.58. The number of benzene rings is 1. The van der Waals surface area contributed by atoms with Crippen LogP contribution in [0.25, 0.3) is 0 Å². The molecule has 0 fully saturated rings. The van der Waals surface area contributed by atoms with E-state index in [2.05, 4.69) is 57.3 Å². The number of nitrogens with one attached hydrogen (secondary N) is 1. The van der Waals surface area contributed by atoms with Gasteiger partial charge in [-0.15, -0.1) is 0 Å². The summed E-state index contributed by atoms with van der Waals surface area (Å²) in [7, 11) is 0. The SMILES string of the molecule is CCCCC(CC)COc1ccc(CNCC(C)C)cc1. The lowest BCUT2D eigenvalue weighted by molar-refractivity contribution is 0.233. The predicted molar refractivity (Wildman–Crippen MR) is 91.8 cm³/mol. The lowest BCUT2D eigenvalue weighted by Gasteiger charge is -2.15. The Morgan fingerprint density at radius 2 is 1.81 bits per heavy atom. The number of hydrogen-bond acceptors (Lipinski definition) is 2. The highest BCUT2D eigenvalue weighted by Gasteiger charge is 2.06. The summed E-state index contributed by atoms with van der Waals surface area (Å²) >= 11 is 0. The van der Waals surface area contributed by atoms with E-state index in [4.69, 9.17) is 4.74 Å². The molecule has 2 nitrogen and oxygen atoms in total. The molecule has 0 radical (unpaired) electrons. The van der Waals surface area contributed by atoms with E-state index in [0.717, 1.165) is 25.4 Å². The Kier molecular flexibility index (Phi) is 9.16. The van der Waals surface area contributed by atoms with E-state index >= 15 is 0 Å². The molecule has 1 N–H and O–H groups in total. The van der Waals surface area contributed by atoms with Crippen LogP contribution in [0.3, 0.4) is 0 Å². The molecule has 0 saturated heterocycles. The van der Waals surface area contributed by atoms with Gasteiger partial charge in [0.05, 0.1) is 6.61 Å². The summed E-state index contributed by atoms with van der Waals surface area (Å²) in [5.41, 5.74) is 1.32. The van der Waals surface area contributed by atoms with E-state index in [0.29, 0.717) is 11.8 Å². The maximum absolute atomic E-state index is 5.93. The summed E-state index contributed by atoms with van der Waals surface area (Å²) in [5.74, 6) is 2.39. The number of hydrogen-bond donors (Lipinski definition) is 1. The molecular formula is C19H33NO. The van der Waals surface area contributed by atoms with Gasteiger partial charge in [0.15, 0.2) is 0 Å². The minimum absolute atomic E-state index is 0.692. The number of ether oxygens (including phenoxy) is 1. The zero-order chi connectivity index (χ0) is 15.5. The number of rotatable bonds is 11. The molecule has 0 heterocycles. The van der Waals surface area contributed by atoms with Gasteiger partial charge >= 0.3 is 0 Å². The average molecular weight is 291 g/mol. The predicted octanol–water partition coefficient (Wildman–Crippen LogP) is 5.03. The van der Waals surface area contributed by atoms with Crippen LogP contribution in [0.2, 0.25) is 0 Å². The van der Waals surface area contributed by atoms with Gasteiger partial charge in [-0.05, 0) is 42.5 Å². The van der Waals surface area contributed by atoms with Crippen molar-refractivity contribution < 1.29 is 4.74 Å².